The van der Waals surface area contributed by atoms with Crippen molar-refractivity contribution in [3.63, 3.8) is 0 Å². The van der Waals surface area contributed by atoms with Gasteiger partial charge in [-0.25, -0.2) is 30.3 Å². The standard InChI is InChI=1S/C23H22F2N2O5S2.CH4/c1-13-10-16-17-12-32-22-19(25)7-6-18(24)21(22)23(17,9-8-20(16)27-34(13,30)31)33(28,29)15-4-2-14(11-26)3-5-15;/h2-7,13,16-17,20,27H,8-10,12H2,1H3;1H4/t13-,16+,17+,20-,23+;/m1./s1. The minimum absolute atomic E-state index is 0. The highest BCUT2D eigenvalue weighted by Gasteiger charge is 2.64. The first kappa shape index (κ1) is 25.5. The van der Waals surface area contributed by atoms with Crippen LogP contribution < -0.4 is 9.46 Å². The second-order valence-electron chi connectivity index (χ2n) is 9.20. The Bertz CT molecular complexity index is 1420. The molecule has 35 heavy (non-hydrogen) atoms. The van der Waals surface area contributed by atoms with Gasteiger partial charge >= 0.3 is 0 Å². The summed E-state index contributed by atoms with van der Waals surface area (Å²) in [5, 5.41) is 8.32. The number of benzene rings is 2. The van der Waals surface area contributed by atoms with Gasteiger partial charge in [-0.15, -0.1) is 0 Å². The highest BCUT2D eigenvalue weighted by molar-refractivity contribution is 7.92. The van der Waals surface area contributed by atoms with Gasteiger partial charge in [-0.2, -0.15) is 5.26 Å². The van der Waals surface area contributed by atoms with Crippen molar-refractivity contribution in [2.75, 3.05) is 6.61 Å². The van der Waals surface area contributed by atoms with Crippen LogP contribution in [0.1, 0.15) is 44.7 Å². The van der Waals surface area contributed by atoms with Gasteiger partial charge in [0, 0.05) is 12.0 Å². The second-order valence-corrected chi connectivity index (χ2v) is 13.5. The first-order chi connectivity index (χ1) is 16.0. The largest absolute Gasteiger partial charge is 0.490 e. The number of halogens is 2. The molecule has 1 aliphatic carbocycles. The quantitative estimate of drug-likeness (QED) is 0.642. The molecule has 0 unspecified atom stereocenters. The maximum atomic E-state index is 15.4. The van der Waals surface area contributed by atoms with Crippen LogP contribution in [-0.2, 0) is 24.6 Å². The number of hydrogen-bond donors (Lipinski definition) is 1. The Kier molecular flexibility index (Phi) is 6.23. The minimum atomic E-state index is -4.33. The normalized spacial score (nSPS) is 30.9. The molecule has 0 amide bonds. The van der Waals surface area contributed by atoms with Gasteiger partial charge in [0.1, 0.15) is 10.6 Å². The number of nitrogens with zero attached hydrogens (tertiary/aromatic N) is 1. The molecule has 2 fully saturated rings. The third-order valence-corrected chi connectivity index (χ3v) is 12.0. The number of ether oxygens (including phenoxy) is 1. The lowest BCUT2D eigenvalue weighted by molar-refractivity contribution is 0.0500. The Balaban J connectivity index is 0.00000289. The van der Waals surface area contributed by atoms with Crippen molar-refractivity contribution in [2.24, 2.45) is 11.8 Å². The first-order valence-corrected chi connectivity index (χ1v) is 13.9. The van der Waals surface area contributed by atoms with Crippen LogP contribution in [0.4, 0.5) is 8.78 Å². The molecule has 0 aromatic heterocycles. The summed E-state index contributed by atoms with van der Waals surface area (Å²) in [6, 6.07) is 8.52. The van der Waals surface area contributed by atoms with Gasteiger partial charge in [-0.05, 0) is 68.5 Å². The van der Waals surface area contributed by atoms with Gasteiger partial charge in [0.05, 0.1) is 33.9 Å². The van der Waals surface area contributed by atoms with E-state index in [4.69, 9.17) is 10.00 Å². The van der Waals surface area contributed by atoms with Crippen LogP contribution in [0.25, 0.3) is 0 Å². The number of fused-ring (bicyclic) bond motifs is 5. The number of hydrogen-bond acceptors (Lipinski definition) is 6. The Labute approximate surface area is 204 Å². The molecule has 2 aromatic rings. The van der Waals surface area contributed by atoms with Crippen molar-refractivity contribution < 1.29 is 30.4 Å². The summed E-state index contributed by atoms with van der Waals surface area (Å²) in [5.74, 6) is -3.45. The zero-order valence-corrected chi connectivity index (χ0v) is 19.8. The summed E-state index contributed by atoms with van der Waals surface area (Å²) < 4.78 is 90.1. The Morgan fingerprint density at radius 1 is 1.14 bits per heavy atom. The smallest absolute Gasteiger partial charge is 0.214 e. The van der Waals surface area contributed by atoms with Crippen molar-refractivity contribution in [1.82, 2.24) is 4.72 Å². The van der Waals surface area contributed by atoms with Crippen molar-refractivity contribution in [2.45, 2.75) is 54.5 Å². The van der Waals surface area contributed by atoms with Crippen LogP contribution >= 0.6 is 0 Å². The number of sulfone groups is 1. The van der Waals surface area contributed by atoms with Gasteiger partial charge in [0.25, 0.3) is 0 Å². The van der Waals surface area contributed by atoms with Gasteiger partial charge in [-0.3, -0.25) is 0 Å². The van der Waals surface area contributed by atoms with E-state index >= 15 is 4.39 Å². The SMILES string of the molecule is C.C[C@@H]1C[C@@H]2[C@@H](CC[C@@]3(S(=O)(=O)c4ccc(C#N)cc4)c4c(F)ccc(F)c4OC[C@@H]23)NS1(=O)=O. The lowest BCUT2D eigenvalue weighted by Gasteiger charge is -2.54. The summed E-state index contributed by atoms with van der Waals surface area (Å²) in [4.78, 5) is -0.115. The molecule has 0 bridgehead atoms. The highest BCUT2D eigenvalue weighted by atomic mass is 32.2. The van der Waals surface area contributed by atoms with E-state index in [0.29, 0.717) is 0 Å². The number of rotatable bonds is 2. The van der Waals surface area contributed by atoms with Gasteiger partial charge in [0.2, 0.25) is 10.0 Å². The van der Waals surface area contributed by atoms with E-state index in [1.54, 1.807) is 6.92 Å². The molecule has 2 aliphatic heterocycles. The van der Waals surface area contributed by atoms with Crippen LogP contribution in [0, 0.1) is 34.8 Å². The molecule has 11 heteroatoms. The van der Waals surface area contributed by atoms with Gasteiger partial charge < -0.3 is 4.74 Å². The first-order valence-electron chi connectivity index (χ1n) is 10.9. The molecular formula is C24H26F2N2O5S2. The molecule has 3 aliphatic rings. The van der Waals surface area contributed by atoms with E-state index < -0.39 is 65.1 Å². The Morgan fingerprint density at radius 3 is 2.46 bits per heavy atom. The van der Waals surface area contributed by atoms with Crippen molar-refractivity contribution >= 4 is 19.9 Å². The van der Waals surface area contributed by atoms with Crippen LogP contribution in [0.5, 0.6) is 5.75 Å². The fraction of sp³-hybridized carbons (Fsp3) is 0.458. The molecule has 1 saturated heterocycles. The van der Waals surface area contributed by atoms with Crippen LogP contribution in [0.3, 0.4) is 0 Å². The van der Waals surface area contributed by atoms with E-state index in [1.807, 2.05) is 6.07 Å². The molecule has 1 N–H and O–H groups in total. The molecule has 0 spiro atoms. The van der Waals surface area contributed by atoms with Gasteiger partial charge in [-0.1, -0.05) is 7.43 Å². The van der Waals surface area contributed by atoms with Crippen molar-refractivity contribution in [3.8, 4) is 11.8 Å². The predicted molar refractivity (Wildman–Crippen MR) is 125 cm³/mol. The van der Waals surface area contributed by atoms with E-state index in [0.717, 1.165) is 12.1 Å². The Hall–Kier alpha value is -2.55. The zero-order valence-electron chi connectivity index (χ0n) is 18.2. The van der Waals surface area contributed by atoms with E-state index in [9.17, 15) is 21.2 Å². The number of nitrogens with one attached hydrogen (secondary N) is 1. The lowest BCUT2D eigenvalue weighted by atomic mass is 9.64. The molecule has 2 aromatic carbocycles. The highest BCUT2D eigenvalue weighted by Crippen LogP contribution is 2.59. The third kappa shape index (κ3) is 3.57. The maximum Gasteiger partial charge on any atom is 0.214 e. The third-order valence-electron chi connectivity index (χ3n) is 7.57. The lowest BCUT2D eigenvalue weighted by Crippen LogP contribution is -2.63. The fourth-order valence-electron chi connectivity index (χ4n) is 5.90. The molecule has 188 valence electrons. The van der Waals surface area contributed by atoms with E-state index in [-0.39, 0.29) is 49.3 Å². The second kappa shape index (κ2) is 8.54. The maximum absolute atomic E-state index is 15.4. The topological polar surface area (TPSA) is 113 Å². The average molecular weight is 525 g/mol. The Morgan fingerprint density at radius 2 is 1.80 bits per heavy atom. The van der Waals surface area contributed by atoms with Gasteiger partial charge in [0.15, 0.2) is 21.4 Å². The monoisotopic (exact) mass is 524 g/mol. The number of sulfonamides is 1. The van der Waals surface area contributed by atoms with E-state index in [2.05, 4.69) is 4.72 Å². The summed E-state index contributed by atoms with van der Waals surface area (Å²) in [5.41, 5.74) is -0.0792. The van der Waals surface area contributed by atoms with Crippen LogP contribution in [0.2, 0.25) is 0 Å². The number of nitriles is 1. The summed E-state index contributed by atoms with van der Waals surface area (Å²) in [7, 11) is -7.90. The van der Waals surface area contributed by atoms with Crippen LogP contribution in [-0.4, -0.2) is 34.7 Å². The molecule has 7 nitrogen and oxygen atoms in total. The molecular weight excluding hydrogens is 498 g/mol. The predicted octanol–water partition coefficient (Wildman–Crippen LogP) is 3.64. The molecule has 0 radical (unpaired) electrons. The molecule has 5 atom stereocenters. The van der Waals surface area contributed by atoms with Crippen molar-refractivity contribution in [3.05, 3.63) is 59.2 Å². The minimum Gasteiger partial charge on any atom is -0.490 e. The molecule has 5 rings (SSSR count). The molecule has 2 heterocycles. The zero-order chi connectivity index (χ0) is 24.5. The average Bonchev–Trinajstić information content (AvgIpc) is 2.81. The summed E-state index contributed by atoms with van der Waals surface area (Å²) in [6.07, 6.45) is 0.192. The summed E-state index contributed by atoms with van der Waals surface area (Å²) >= 11 is 0. The van der Waals surface area contributed by atoms with E-state index in [1.165, 1.54) is 24.3 Å². The van der Waals surface area contributed by atoms with Crippen molar-refractivity contribution in [1.29, 1.82) is 5.26 Å². The van der Waals surface area contributed by atoms with Crippen LogP contribution in [0.15, 0.2) is 41.3 Å². The molecule has 1 saturated carbocycles. The summed E-state index contributed by atoms with van der Waals surface area (Å²) in [6.45, 7) is 1.35. The fourth-order valence-corrected chi connectivity index (χ4v) is 9.73.